The smallest absolute Gasteiger partial charge is 0.144 e. The van der Waals surface area contributed by atoms with Crippen LogP contribution in [0.25, 0.3) is 0 Å². The fourth-order valence-electron chi connectivity index (χ4n) is 8.58. The zero-order chi connectivity index (χ0) is 27.3. The summed E-state index contributed by atoms with van der Waals surface area (Å²) in [4.78, 5) is 10.2. The van der Waals surface area contributed by atoms with E-state index in [1.807, 2.05) is 6.26 Å². The fraction of sp³-hybridized carbons (Fsp3) is 0.903. The molecule has 0 radical (unpaired) electrons. The first-order valence-electron chi connectivity index (χ1n) is 15.2. The molecule has 0 aromatic carbocycles. The van der Waals surface area contributed by atoms with Crippen LogP contribution in [0, 0.1) is 33.5 Å². The van der Waals surface area contributed by atoms with Gasteiger partial charge in [-0.3, -0.25) is 9.80 Å². The Kier molecular flexibility index (Phi) is 10.7. The Morgan fingerprint density at radius 3 is 1.75 bits per heavy atom. The van der Waals surface area contributed by atoms with Crippen LogP contribution in [0.5, 0.6) is 0 Å². The molecule has 5 aliphatic rings. The molecule has 0 spiro atoms. The van der Waals surface area contributed by atoms with Crippen molar-refractivity contribution in [2.45, 2.75) is 92.3 Å². The molecule has 5 fully saturated rings. The minimum Gasteiger partial charge on any atom is -0.498 e. The summed E-state index contributed by atoms with van der Waals surface area (Å²) in [7, 11) is 0. The van der Waals surface area contributed by atoms with Crippen molar-refractivity contribution in [1.29, 1.82) is 0 Å². The Morgan fingerprint density at radius 2 is 1.30 bits per heavy atom. The minimum absolute atomic E-state index is 0. The van der Waals surface area contributed by atoms with Crippen molar-refractivity contribution >= 4 is 30.5 Å². The molecule has 1 saturated heterocycles. The summed E-state index contributed by atoms with van der Waals surface area (Å²) in [5.74, 6) is 1.47. The summed E-state index contributed by atoms with van der Waals surface area (Å²) in [5.41, 5.74) is 3.63. The third-order valence-electron chi connectivity index (χ3n) is 12.5. The van der Waals surface area contributed by atoms with Crippen LogP contribution in [0.4, 0.5) is 0 Å². The van der Waals surface area contributed by atoms with E-state index in [9.17, 15) is 10.2 Å². The van der Waals surface area contributed by atoms with Gasteiger partial charge in [0.1, 0.15) is 25.4 Å². The van der Waals surface area contributed by atoms with Gasteiger partial charge in [0.2, 0.25) is 0 Å². The molecule has 1 aliphatic heterocycles. The number of aliphatic hydroxyl groups is 2. The number of hydrogen-bond donors (Lipinski definition) is 2. The maximum absolute atomic E-state index is 10.6. The molecule has 4 aliphatic carbocycles. The van der Waals surface area contributed by atoms with E-state index < -0.39 is 12.2 Å². The summed E-state index contributed by atoms with van der Waals surface area (Å²) < 4.78 is 5.91. The molecule has 6 atom stereocenters. The normalized spacial score (nSPS) is 37.8. The monoisotopic (exact) mass is 603 g/mol. The van der Waals surface area contributed by atoms with Gasteiger partial charge in [0.05, 0.1) is 12.0 Å². The number of halogens is 2. The van der Waals surface area contributed by atoms with Gasteiger partial charge in [0, 0.05) is 44.7 Å². The topological polar surface area (TPSA) is 77.8 Å². The number of β-amino-alcohol motifs (C(OH)–C–C–N with tert-alkyl or cyclic N) is 2. The number of piperazine rings is 1. The van der Waals surface area contributed by atoms with Crippen LogP contribution >= 0.6 is 24.8 Å². The Balaban J connectivity index is 0.00000220. The van der Waals surface area contributed by atoms with Crippen molar-refractivity contribution in [1.82, 2.24) is 9.80 Å². The van der Waals surface area contributed by atoms with Crippen LogP contribution in [0.3, 0.4) is 0 Å². The molecule has 40 heavy (non-hydrogen) atoms. The van der Waals surface area contributed by atoms with E-state index in [4.69, 9.17) is 9.57 Å². The van der Waals surface area contributed by atoms with E-state index in [-0.39, 0.29) is 47.7 Å². The van der Waals surface area contributed by atoms with Gasteiger partial charge < -0.3 is 19.8 Å². The number of hydrogen-bond acceptors (Lipinski definition) is 7. The molecule has 2 N–H and O–H groups in total. The largest absolute Gasteiger partial charge is 0.498 e. The first kappa shape index (κ1) is 33.9. The van der Waals surface area contributed by atoms with E-state index >= 15 is 0 Å². The lowest BCUT2D eigenvalue weighted by Crippen LogP contribution is -2.51. The van der Waals surface area contributed by atoms with E-state index in [1.165, 1.54) is 37.0 Å². The average molecular weight is 605 g/mol. The van der Waals surface area contributed by atoms with Gasteiger partial charge >= 0.3 is 0 Å². The predicted octanol–water partition coefficient (Wildman–Crippen LogP) is 5.13. The summed E-state index contributed by atoms with van der Waals surface area (Å²) in [6.45, 7) is 19.6. The number of rotatable bonds is 10. The fourth-order valence-corrected chi connectivity index (χ4v) is 8.58. The number of nitrogens with zero attached hydrogens (tertiary/aromatic N) is 3. The zero-order valence-electron chi connectivity index (χ0n) is 25.7. The van der Waals surface area contributed by atoms with E-state index in [2.05, 4.69) is 56.5 Å². The Morgan fingerprint density at radius 1 is 0.800 bits per heavy atom. The van der Waals surface area contributed by atoms with Crippen molar-refractivity contribution in [3.05, 3.63) is 11.8 Å². The van der Waals surface area contributed by atoms with Crippen molar-refractivity contribution in [2.24, 2.45) is 38.7 Å². The van der Waals surface area contributed by atoms with Crippen molar-refractivity contribution < 1.29 is 19.8 Å². The van der Waals surface area contributed by atoms with Crippen LogP contribution in [0.15, 0.2) is 17.0 Å². The first-order valence-corrected chi connectivity index (χ1v) is 15.2. The molecule has 6 unspecified atom stereocenters. The molecule has 7 nitrogen and oxygen atoms in total. The number of fused-ring (bicyclic) bond motifs is 4. The highest BCUT2D eigenvalue weighted by molar-refractivity contribution is 5.93. The number of aliphatic hydroxyl groups excluding tert-OH is 2. The van der Waals surface area contributed by atoms with Gasteiger partial charge in [-0.05, 0) is 72.2 Å². The quantitative estimate of drug-likeness (QED) is 0.266. The standard InChI is InChI=1S/C31H53N3O4.2ClH/c1-28(2)22-7-9-30(28,5)24(15-22)19-37-20-25(35)17-33-11-13-34(14-12-33)18-26(36)21-38-32-27-16-23-8-10-31(27,6)29(23,3)4;;/h19,22-23,25-26,35-36H,7-18,20-21H2,1-6H3;2*1H. The summed E-state index contributed by atoms with van der Waals surface area (Å²) in [6, 6.07) is 0. The molecule has 4 bridgehead atoms. The van der Waals surface area contributed by atoms with Gasteiger partial charge in [-0.1, -0.05) is 46.7 Å². The molecule has 232 valence electrons. The summed E-state index contributed by atoms with van der Waals surface area (Å²) in [6.07, 6.45) is 8.16. The maximum Gasteiger partial charge on any atom is 0.144 e. The lowest BCUT2D eigenvalue weighted by molar-refractivity contribution is -0.00100. The molecular weight excluding hydrogens is 549 g/mol. The average Bonchev–Trinajstić information content (AvgIpc) is 3.37. The molecule has 5 rings (SSSR count). The van der Waals surface area contributed by atoms with Crippen molar-refractivity contribution in [2.75, 3.05) is 52.5 Å². The predicted molar refractivity (Wildman–Crippen MR) is 165 cm³/mol. The Hall–Kier alpha value is -0.570. The second-order valence-corrected chi connectivity index (χ2v) is 14.7. The van der Waals surface area contributed by atoms with Gasteiger partial charge in [-0.15, -0.1) is 24.8 Å². The minimum atomic E-state index is -0.546. The summed E-state index contributed by atoms with van der Waals surface area (Å²) >= 11 is 0. The van der Waals surface area contributed by atoms with Crippen molar-refractivity contribution in [3.8, 4) is 0 Å². The molecule has 1 heterocycles. The third kappa shape index (κ3) is 5.94. The third-order valence-corrected chi connectivity index (χ3v) is 12.5. The van der Waals surface area contributed by atoms with Crippen LogP contribution < -0.4 is 0 Å². The van der Waals surface area contributed by atoms with Crippen LogP contribution in [-0.2, 0) is 9.57 Å². The molecule has 0 amide bonds. The van der Waals surface area contributed by atoms with E-state index in [1.54, 1.807) is 0 Å². The molecule has 0 aromatic rings. The van der Waals surface area contributed by atoms with Crippen LogP contribution in [0.1, 0.15) is 80.1 Å². The zero-order valence-corrected chi connectivity index (χ0v) is 27.3. The molecule has 0 aromatic heterocycles. The highest BCUT2D eigenvalue weighted by atomic mass is 35.5. The molecular formula is C31H55Cl2N3O4. The van der Waals surface area contributed by atoms with Gasteiger partial charge in [0.15, 0.2) is 0 Å². The second kappa shape index (κ2) is 12.6. The van der Waals surface area contributed by atoms with Gasteiger partial charge in [0.25, 0.3) is 0 Å². The first-order chi connectivity index (χ1) is 17.9. The summed E-state index contributed by atoms with van der Waals surface area (Å²) in [5, 5.41) is 25.6. The van der Waals surface area contributed by atoms with Crippen LogP contribution in [0.2, 0.25) is 0 Å². The number of ether oxygens (including phenoxy) is 1. The Labute approximate surface area is 254 Å². The Bertz CT molecular complexity index is 862. The number of allylic oxidation sites excluding steroid dienone is 1. The maximum atomic E-state index is 10.6. The van der Waals surface area contributed by atoms with Crippen molar-refractivity contribution in [3.63, 3.8) is 0 Å². The van der Waals surface area contributed by atoms with E-state index in [0.29, 0.717) is 31.0 Å². The van der Waals surface area contributed by atoms with Crippen LogP contribution in [-0.4, -0.2) is 90.4 Å². The number of oxime groups is 1. The van der Waals surface area contributed by atoms with Gasteiger partial charge in [-0.25, -0.2) is 0 Å². The SMILES string of the molecule is CC12CCC(CC1=COCC(O)CN1CCN(CC(O)CON=C3CC4CCC3(C)C4(C)C)CC1)C2(C)C.Cl.Cl. The highest BCUT2D eigenvalue weighted by Gasteiger charge is 2.60. The second-order valence-electron chi connectivity index (χ2n) is 14.7. The highest BCUT2D eigenvalue weighted by Crippen LogP contribution is 2.68. The van der Waals surface area contributed by atoms with E-state index in [0.717, 1.165) is 44.9 Å². The molecule has 4 saturated carbocycles. The van der Waals surface area contributed by atoms with Gasteiger partial charge in [-0.2, -0.15) is 0 Å². The lowest BCUT2D eigenvalue weighted by Gasteiger charge is -2.36. The lowest BCUT2D eigenvalue weighted by atomic mass is 9.69. The molecule has 9 heteroatoms.